The van der Waals surface area contributed by atoms with Crippen LogP contribution in [0.2, 0.25) is 13.3 Å². The van der Waals surface area contributed by atoms with Crippen LogP contribution in [0.1, 0.15) is 101 Å². The van der Waals surface area contributed by atoms with Crippen LogP contribution in [0.25, 0.3) is 0 Å². The number of hydrogen-bond acceptors (Lipinski definition) is 6. The second-order valence-electron chi connectivity index (χ2n) is 11.1. The first-order valence-electron chi connectivity index (χ1n) is 12.9. The maximum atomic E-state index is 13.1. The van der Waals surface area contributed by atoms with Gasteiger partial charge in [-0.2, -0.15) is 0 Å². The third kappa shape index (κ3) is 10.1. The average Bonchev–Trinajstić information content (AvgIpc) is 2.71. The predicted molar refractivity (Wildman–Crippen MR) is 142 cm³/mol. The van der Waals surface area contributed by atoms with Crippen LogP contribution in [0.15, 0.2) is 12.4 Å². The first-order chi connectivity index (χ1) is 15.8. The van der Waals surface area contributed by atoms with E-state index < -0.39 is 41.8 Å². The molecule has 1 aromatic rings. The van der Waals surface area contributed by atoms with E-state index in [-0.39, 0.29) is 5.82 Å². The van der Waals surface area contributed by atoms with Crippen LogP contribution in [0.3, 0.4) is 0 Å². The Morgan fingerprint density at radius 3 is 1.56 bits per heavy atom. The molecule has 0 atom stereocenters. The summed E-state index contributed by atoms with van der Waals surface area (Å²) in [4.78, 5) is 36.3. The zero-order chi connectivity index (χ0) is 26.0. The summed E-state index contributed by atoms with van der Waals surface area (Å²) in [5, 5.41) is 0. The molecule has 0 aliphatic rings. The van der Waals surface area contributed by atoms with Crippen molar-refractivity contribution in [3.63, 3.8) is 0 Å². The van der Waals surface area contributed by atoms with Gasteiger partial charge in [0, 0.05) is 0 Å². The van der Waals surface area contributed by atoms with Crippen LogP contribution in [0.5, 0.6) is 0 Å². The van der Waals surface area contributed by atoms with Crippen LogP contribution in [0, 0.1) is 0 Å². The van der Waals surface area contributed by atoms with Gasteiger partial charge in [0.05, 0.1) is 0 Å². The van der Waals surface area contributed by atoms with Gasteiger partial charge in [-0.25, -0.2) is 0 Å². The Bertz CT molecular complexity index is 737. The van der Waals surface area contributed by atoms with E-state index >= 15 is 0 Å². The number of amides is 2. The third-order valence-corrected chi connectivity index (χ3v) is 20.7. The number of carbonyl (C=O) groups is 2. The minimum atomic E-state index is -2.90. The van der Waals surface area contributed by atoms with E-state index in [2.05, 4.69) is 25.8 Å². The number of aromatic nitrogens is 2. The van der Waals surface area contributed by atoms with Crippen LogP contribution in [-0.2, 0) is 9.47 Å². The van der Waals surface area contributed by atoms with E-state index in [1.165, 1.54) is 38.9 Å². The van der Waals surface area contributed by atoms with Crippen molar-refractivity contribution in [1.29, 1.82) is 0 Å². The number of rotatable bonds is 11. The van der Waals surface area contributed by atoms with Gasteiger partial charge >= 0.3 is 212 Å². The molecule has 0 spiro atoms. The van der Waals surface area contributed by atoms with E-state index in [9.17, 15) is 9.59 Å². The van der Waals surface area contributed by atoms with Crippen molar-refractivity contribution in [2.75, 3.05) is 4.90 Å². The molecule has 0 aromatic carbocycles. The average molecular weight is 584 g/mol. The molecular weight excluding hydrogens is 537 g/mol. The van der Waals surface area contributed by atoms with Gasteiger partial charge in [-0.1, -0.05) is 0 Å². The molecule has 0 aliphatic heterocycles. The number of carbonyl (C=O) groups excluding carboxylic acids is 2. The summed E-state index contributed by atoms with van der Waals surface area (Å²) < 4.78 is 15.9. The first-order valence-corrected chi connectivity index (χ1v) is 20.4. The van der Waals surface area contributed by atoms with Crippen LogP contribution in [0.4, 0.5) is 15.4 Å². The molecule has 0 bridgehead atoms. The maximum absolute atomic E-state index is 13.1. The van der Waals surface area contributed by atoms with Crippen LogP contribution >= 0.6 is 0 Å². The molecule has 34 heavy (non-hydrogen) atoms. The van der Waals surface area contributed by atoms with Crippen molar-refractivity contribution in [2.24, 2.45) is 0 Å². The Balaban J connectivity index is 3.56. The van der Waals surface area contributed by atoms with Gasteiger partial charge < -0.3 is 0 Å². The fourth-order valence-corrected chi connectivity index (χ4v) is 19.3. The summed E-state index contributed by atoms with van der Waals surface area (Å²) in [5.41, 5.74) is -1.53. The Labute approximate surface area is 211 Å². The monoisotopic (exact) mass is 585 g/mol. The van der Waals surface area contributed by atoms with Crippen molar-refractivity contribution in [2.45, 2.75) is 125 Å². The van der Waals surface area contributed by atoms with Gasteiger partial charge in [-0.05, 0) is 0 Å². The van der Waals surface area contributed by atoms with Gasteiger partial charge in [-0.15, -0.1) is 0 Å². The normalized spacial score (nSPS) is 12.4. The number of nitrogens with zero attached hydrogens (tertiary/aromatic N) is 3. The fraction of sp³-hybridized carbons (Fsp3) is 0.769. The Hall–Kier alpha value is -1.38. The number of unbranched alkanes of at least 4 members (excludes halogenated alkanes) is 3. The van der Waals surface area contributed by atoms with Crippen LogP contribution < -0.4 is 8.61 Å². The zero-order valence-electron chi connectivity index (χ0n) is 23.0. The molecule has 0 saturated heterocycles. The summed E-state index contributed by atoms with van der Waals surface area (Å²) in [7, 11) is 0. The van der Waals surface area contributed by atoms with Crippen molar-refractivity contribution >= 4 is 40.1 Å². The number of ether oxygens (including phenoxy) is 2. The number of imide groups is 1. The molecular formula is C26H47N3O4Sn. The molecule has 8 heteroatoms. The Kier molecular flexibility index (Phi) is 12.3. The Morgan fingerprint density at radius 2 is 1.21 bits per heavy atom. The molecule has 0 radical (unpaired) electrons. The molecule has 0 aliphatic carbocycles. The van der Waals surface area contributed by atoms with E-state index in [4.69, 9.17) is 14.5 Å². The molecule has 1 heterocycles. The van der Waals surface area contributed by atoms with E-state index in [1.54, 1.807) is 41.5 Å². The SMILES string of the molecule is CCC[CH2][Sn]([CH2]CCC)([CH2]CCC)[c]1cc(N(C(=O)OC(C)(C)C)C(=O)OC(C)(C)C)ncn1. The molecule has 194 valence electrons. The fourth-order valence-electron chi connectivity index (χ4n) is 3.94. The second-order valence-corrected chi connectivity index (χ2v) is 24.2. The van der Waals surface area contributed by atoms with E-state index in [1.807, 2.05) is 6.07 Å². The van der Waals surface area contributed by atoms with Crippen molar-refractivity contribution < 1.29 is 19.1 Å². The zero-order valence-corrected chi connectivity index (χ0v) is 25.8. The topological polar surface area (TPSA) is 81.6 Å². The molecule has 0 N–H and O–H groups in total. The van der Waals surface area contributed by atoms with Gasteiger partial charge in [0.2, 0.25) is 0 Å². The molecule has 0 fully saturated rings. The first kappa shape index (κ1) is 30.6. The van der Waals surface area contributed by atoms with Gasteiger partial charge in [-0.3, -0.25) is 0 Å². The summed E-state index contributed by atoms with van der Waals surface area (Å²) in [6.07, 6.45) is 6.93. The minimum absolute atomic E-state index is 0.235. The molecule has 1 aromatic heterocycles. The summed E-state index contributed by atoms with van der Waals surface area (Å²) in [6.45, 7) is 17.3. The molecule has 2 amide bonds. The molecule has 0 saturated carbocycles. The second kappa shape index (κ2) is 13.6. The Morgan fingerprint density at radius 1 is 0.794 bits per heavy atom. The van der Waals surface area contributed by atoms with Gasteiger partial charge in [0.15, 0.2) is 0 Å². The summed E-state index contributed by atoms with van der Waals surface area (Å²) in [5.74, 6) is 0.235. The van der Waals surface area contributed by atoms with E-state index in [0.29, 0.717) is 0 Å². The summed E-state index contributed by atoms with van der Waals surface area (Å²) in [6, 6.07) is 1.88. The number of anilines is 1. The van der Waals surface area contributed by atoms with Crippen molar-refractivity contribution in [3.05, 3.63) is 12.4 Å². The molecule has 7 nitrogen and oxygen atoms in total. The predicted octanol–water partition coefficient (Wildman–Crippen LogP) is 7.21. The van der Waals surface area contributed by atoms with Crippen molar-refractivity contribution in [3.8, 4) is 0 Å². The van der Waals surface area contributed by atoms with E-state index in [0.717, 1.165) is 27.9 Å². The molecule has 1 rings (SSSR count). The van der Waals surface area contributed by atoms with Gasteiger partial charge in [0.25, 0.3) is 0 Å². The van der Waals surface area contributed by atoms with Crippen molar-refractivity contribution in [1.82, 2.24) is 9.97 Å². The van der Waals surface area contributed by atoms with Crippen LogP contribution in [-0.4, -0.2) is 51.7 Å². The quantitative estimate of drug-likeness (QED) is 0.256. The third-order valence-electron chi connectivity index (χ3n) is 5.60. The van der Waals surface area contributed by atoms with Gasteiger partial charge in [0.1, 0.15) is 0 Å². The molecule has 0 unspecified atom stereocenters. The number of hydrogen-bond donors (Lipinski definition) is 0. The standard InChI is InChI=1S/C14H20N3O4.3C4H9.Sn/c1-13(2,3)20-11(18)17(10-7-8-15-9-16-10)12(19)21-14(4,5)6;3*1-3-4-2;/h7,9H,1-6H3;3*1,3-4H2,2H3;. The summed E-state index contributed by atoms with van der Waals surface area (Å²) >= 11 is -2.90.